The molecule has 0 aliphatic heterocycles. The van der Waals surface area contributed by atoms with E-state index in [9.17, 15) is 0 Å². The van der Waals surface area contributed by atoms with Gasteiger partial charge in [0.1, 0.15) is 5.76 Å². The summed E-state index contributed by atoms with van der Waals surface area (Å²) in [4.78, 5) is 4.29. The number of rotatable bonds is 9. The predicted octanol–water partition coefficient (Wildman–Crippen LogP) is 2.43. The summed E-state index contributed by atoms with van der Waals surface area (Å²) in [5, 5.41) is 3.38. The molecule has 1 N–H and O–H groups in total. The number of aryl methyl sites for hydroxylation is 1. The number of ether oxygens (including phenoxy) is 1. The minimum absolute atomic E-state index is 0.270. The molecule has 0 saturated heterocycles. The standard InChI is InChI=1S/C14H26N2O2/c1-11(2)9-15-8-7-14-16-10-13(18-14)6-5-12(3)17-4/h10-12,15H,5-9H2,1-4H3. The molecule has 1 aromatic rings. The topological polar surface area (TPSA) is 47.3 Å². The van der Waals surface area contributed by atoms with E-state index in [1.165, 1.54) is 0 Å². The third-order valence-electron chi connectivity index (χ3n) is 2.87. The van der Waals surface area contributed by atoms with Gasteiger partial charge in [0.05, 0.1) is 12.3 Å². The van der Waals surface area contributed by atoms with E-state index < -0.39 is 0 Å². The Balaban J connectivity index is 2.21. The average molecular weight is 254 g/mol. The summed E-state index contributed by atoms with van der Waals surface area (Å²) in [6, 6.07) is 0. The van der Waals surface area contributed by atoms with Crippen LogP contribution in [0.3, 0.4) is 0 Å². The average Bonchev–Trinajstić information content (AvgIpc) is 2.79. The van der Waals surface area contributed by atoms with Gasteiger partial charge in [0.25, 0.3) is 0 Å². The Morgan fingerprint density at radius 3 is 2.78 bits per heavy atom. The quantitative estimate of drug-likeness (QED) is 0.688. The molecule has 0 saturated carbocycles. The van der Waals surface area contributed by atoms with Crippen LogP contribution in [0.1, 0.15) is 38.8 Å². The molecule has 1 atom stereocenters. The summed E-state index contributed by atoms with van der Waals surface area (Å²) in [6.07, 6.45) is 4.82. The van der Waals surface area contributed by atoms with Crippen LogP contribution in [-0.4, -0.2) is 31.3 Å². The number of oxazole rings is 1. The minimum Gasteiger partial charge on any atom is -0.446 e. The first-order valence-corrected chi connectivity index (χ1v) is 6.79. The van der Waals surface area contributed by atoms with Crippen LogP contribution in [0, 0.1) is 5.92 Å². The highest BCUT2D eigenvalue weighted by molar-refractivity contribution is 4.95. The molecule has 4 heteroatoms. The Labute approximate surface area is 110 Å². The van der Waals surface area contributed by atoms with Crippen molar-refractivity contribution in [1.82, 2.24) is 10.3 Å². The SMILES string of the molecule is COC(C)CCc1cnc(CCNCC(C)C)o1. The zero-order valence-corrected chi connectivity index (χ0v) is 12.0. The van der Waals surface area contributed by atoms with Crippen molar-refractivity contribution >= 4 is 0 Å². The van der Waals surface area contributed by atoms with Crippen LogP contribution in [0.5, 0.6) is 0 Å². The van der Waals surface area contributed by atoms with E-state index in [4.69, 9.17) is 9.15 Å². The highest BCUT2D eigenvalue weighted by Crippen LogP contribution is 2.09. The highest BCUT2D eigenvalue weighted by atomic mass is 16.5. The normalized spacial score (nSPS) is 13.2. The number of nitrogens with zero attached hydrogens (tertiary/aromatic N) is 1. The molecule has 104 valence electrons. The van der Waals surface area contributed by atoms with E-state index in [2.05, 4.69) is 31.1 Å². The monoisotopic (exact) mass is 254 g/mol. The predicted molar refractivity (Wildman–Crippen MR) is 72.7 cm³/mol. The maximum Gasteiger partial charge on any atom is 0.195 e. The number of hydrogen-bond acceptors (Lipinski definition) is 4. The summed E-state index contributed by atoms with van der Waals surface area (Å²) in [6.45, 7) is 8.43. The lowest BCUT2D eigenvalue weighted by Crippen LogP contribution is -2.22. The van der Waals surface area contributed by atoms with Crippen molar-refractivity contribution < 1.29 is 9.15 Å². The summed E-state index contributed by atoms with van der Waals surface area (Å²) < 4.78 is 10.9. The Morgan fingerprint density at radius 1 is 1.33 bits per heavy atom. The number of aromatic nitrogens is 1. The summed E-state index contributed by atoms with van der Waals surface area (Å²) in [5.74, 6) is 2.46. The van der Waals surface area contributed by atoms with E-state index in [1.54, 1.807) is 7.11 Å². The smallest absolute Gasteiger partial charge is 0.195 e. The van der Waals surface area contributed by atoms with Gasteiger partial charge < -0.3 is 14.5 Å². The third-order valence-corrected chi connectivity index (χ3v) is 2.87. The Hall–Kier alpha value is -0.870. The largest absolute Gasteiger partial charge is 0.446 e. The van der Waals surface area contributed by atoms with Crippen molar-refractivity contribution in [1.29, 1.82) is 0 Å². The molecule has 0 spiro atoms. The van der Waals surface area contributed by atoms with E-state index in [1.807, 2.05) is 6.20 Å². The van der Waals surface area contributed by atoms with Crippen LogP contribution in [-0.2, 0) is 17.6 Å². The first-order chi connectivity index (χ1) is 8.61. The van der Waals surface area contributed by atoms with Crippen molar-refractivity contribution in [2.75, 3.05) is 20.2 Å². The van der Waals surface area contributed by atoms with Crippen molar-refractivity contribution in [3.63, 3.8) is 0 Å². The fourth-order valence-corrected chi connectivity index (χ4v) is 1.63. The van der Waals surface area contributed by atoms with E-state index in [-0.39, 0.29) is 6.10 Å². The first-order valence-electron chi connectivity index (χ1n) is 6.79. The molecule has 1 rings (SSSR count). The van der Waals surface area contributed by atoms with Crippen LogP contribution >= 0.6 is 0 Å². The summed E-state index contributed by atoms with van der Waals surface area (Å²) >= 11 is 0. The van der Waals surface area contributed by atoms with E-state index in [0.29, 0.717) is 5.92 Å². The summed E-state index contributed by atoms with van der Waals surface area (Å²) in [5.41, 5.74) is 0. The second-order valence-corrected chi connectivity index (χ2v) is 5.15. The number of methoxy groups -OCH3 is 1. The van der Waals surface area contributed by atoms with Gasteiger partial charge in [-0.3, -0.25) is 0 Å². The van der Waals surface area contributed by atoms with E-state index in [0.717, 1.165) is 44.0 Å². The lowest BCUT2D eigenvalue weighted by molar-refractivity contribution is 0.110. The van der Waals surface area contributed by atoms with Crippen LogP contribution in [0.15, 0.2) is 10.6 Å². The first kappa shape index (κ1) is 15.2. The molecule has 0 aliphatic carbocycles. The molecule has 1 heterocycles. The minimum atomic E-state index is 0.270. The van der Waals surface area contributed by atoms with Gasteiger partial charge in [-0.2, -0.15) is 0 Å². The van der Waals surface area contributed by atoms with Crippen LogP contribution in [0.4, 0.5) is 0 Å². The van der Waals surface area contributed by atoms with Crippen molar-refractivity contribution in [3.8, 4) is 0 Å². The molecular weight excluding hydrogens is 228 g/mol. The fourth-order valence-electron chi connectivity index (χ4n) is 1.63. The second-order valence-electron chi connectivity index (χ2n) is 5.15. The second kappa shape index (κ2) is 8.27. The van der Waals surface area contributed by atoms with Crippen LogP contribution in [0.2, 0.25) is 0 Å². The molecule has 0 aromatic carbocycles. The molecule has 1 unspecified atom stereocenters. The molecule has 0 amide bonds. The van der Waals surface area contributed by atoms with Gasteiger partial charge in [-0.05, 0) is 25.8 Å². The van der Waals surface area contributed by atoms with Crippen molar-refractivity contribution in [2.24, 2.45) is 5.92 Å². The molecule has 4 nitrogen and oxygen atoms in total. The molecule has 1 aromatic heterocycles. The maximum atomic E-state index is 5.68. The lowest BCUT2D eigenvalue weighted by atomic mass is 10.2. The highest BCUT2D eigenvalue weighted by Gasteiger charge is 2.06. The van der Waals surface area contributed by atoms with E-state index >= 15 is 0 Å². The summed E-state index contributed by atoms with van der Waals surface area (Å²) in [7, 11) is 1.73. The van der Waals surface area contributed by atoms with Gasteiger partial charge in [0.15, 0.2) is 5.89 Å². The fraction of sp³-hybridized carbons (Fsp3) is 0.786. The van der Waals surface area contributed by atoms with Gasteiger partial charge in [-0.15, -0.1) is 0 Å². The molecular formula is C14H26N2O2. The van der Waals surface area contributed by atoms with Crippen molar-refractivity contribution in [3.05, 3.63) is 17.8 Å². The zero-order chi connectivity index (χ0) is 13.4. The van der Waals surface area contributed by atoms with Gasteiger partial charge >= 0.3 is 0 Å². The number of nitrogens with one attached hydrogen (secondary N) is 1. The van der Waals surface area contributed by atoms with Crippen molar-refractivity contribution in [2.45, 2.75) is 46.1 Å². The molecule has 0 bridgehead atoms. The molecule has 0 fully saturated rings. The zero-order valence-electron chi connectivity index (χ0n) is 12.0. The van der Waals surface area contributed by atoms with Gasteiger partial charge in [0, 0.05) is 26.5 Å². The lowest BCUT2D eigenvalue weighted by Gasteiger charge is -2.06. The van der Waals surface area contributed by atoms with Crippen LogP contribution in [0.25, 0.3) is 0 Å². The Bertz CT molecular complexity index is 323. The van der Waals surface area contributed by atoms with Crippen LogP contribution < -0.4 is 5.32 Å². The van der Waals surface area contributed by atoms with Gasteiger partial charge in [-0.25, -0.2) is 4.98 Å². The van der Waals surface area contributed by atoms with Gasteiger partial charge in [0.2, 0.25) is 0 Å². The van der Waals surface area contributed by atoms with Gasteiger partial charge in [-0.1, -0.05) is 13.8 Å². The Morgan fingerprint density at radius 2 is 2.11 bits per heavy atom. The molecule has 0 aliphatic rings. The Kier molecular flexibility index (Phi) is 6.98. The number of hydrogen-bond donors (Lipinski definition) is 1. The molecule has 18 heavy (non-hydrogen) atoms. The molecule has 0 radical (unpaired) electrons. The third kappa shape index (κ3) is 6.17. The maximum absolute atomic E-state index is 5.68.